The molecule has 1 amide bonds. The third-order valence-electron chi connectivity index (χ3n) is 6.78. The molecular weight excluding hydrogens is 472 g/mol. The normalized spacial score (nSPS) is 15.4. The summed E-state index contributed by atoms with van der Waals surface area (Å²) in [6.07, 6.45) is 4.70. The van der Waals surface area contributed by atoms with Crippen LogP contribution in [0.5, 0.6) is 17.2 Å². The Labute approximate surface area is 217 Å². The standard InChI is InChI=1S/C29H34N2O4S/c1-29(2,3)19-8-13-22-25(16-19)36-28(30-17-18-7-14-23(34-5)24(15-18)35-6)26(22)27(32)31-20-9-11-21(33-4)12-10-20/h7,9-12,14-15,17,19H,8,13,16H2,1-6H3,(H,31,32)/t19-/m1/s1. The molecule has 0 spiro atoms. The van der Waals surface area contributed by atoms with Gasteiger partial charge in [-0.25, -0.2) is 4.99 Å². The number of benzene rings is 2. The van der Waals surface area contributed by atoms with E-state index in [0.717, 1.165) is 46.8 Å². The molecule has 1 aliphatic rings. The predicted octanol–water partition coefficient (Wildman–Crippen LogP) is 6.93. The highest BCUT2D eigenvalue weighted by Gasteiger charge is 2.33. The quantitative estimate of drug-likeness (QED) is 0.353. The van der Waals surface area contributed by atoms with Crippen LogP contribution in [-0.4, -0.2) is 33.5 Å². The van der Waals surface area contributed by atoms with Crippen molar-refractivity contribution in [3.63, 3.8) is 0 Å². The fourth-order valence-corrected chi connectivity index (χ4v) is 5.84. The van der Waals surface area contributed by atoms with Gasteiger partial charge in [-0.05, 0) is 84.2 Å². The zero-order valence-electron chi connectivity index (χ0n) is 21.8. The molecule has 3 aromatic rings. The van der Waals surface area contributed by atoms with Crippen LogP contribution < -0.4 is 19.5 Å². The maximum absolute atomic E-state index is 13.6. The average molecular weight is 507 g/mol. The Morgan fingerprint density at radius 3 is 2.39 bits per heavy atom. The Kier molecular flexibility index (Phi) is 7.69. The van der Waals surface area contributed by atoms with Gasteiger partial charge in [-0.15, -0.1) is 11.3 Å². The van der Waals surface area contributed by atoms with E-state index in [-0.39, 0.29) is 11.3 Å². The number of amides is 1. The first kappa shape index (κ1) is 25.8. The van der Waals surface area contributed by atoms with Crippen LogP contribution in [0, 0.1) is 11.3 Å². The number of ether oxygens (including phenoxy) is 3. The summed E-state index contributed by atoms with van der Waals surface area (Å²) in [5.41, 5.74) is 3.61. The minimum absolute atomic E-state index is 0.133. The van der Waals surface area contributed by atoms with Gasteiger partial charge in [-0.3, -0.25) is 4.79 Å². The molecule has 0 aliphatic heterocycles. The van der Waals surface area contributed by atoms with E-state index in [0.29, 0.717) is 23.0 Å². The lowest BCUT2D eigenvalue weighted by atomic mass is 9.72. The van der Waals surface area contributed by atoms with Gasteiger partial charge in [0.15, 0.2) is 11.5 Å². The van der Waals surface area contributed by atoms with Crippen molar-refractivity contribution in [3.05, 3.63) is 64.0 Å². The number of nitrogens with zero attached hydrogens (tertiary/aromatic N) is 1. The van der Waals surface area contributed by atoms with Gasteiger partial charge in [0.2, 0.25) is 0 Å². The van der Waals surface area contributed by atoms with Crippen molar-refractivity contribution in [1.29, 1.82) is 0 Å². The minimum atomic E-state index is -0.133. The molecule has 1 atom stereocenters. The number of thiophene rings is 1. The highest BCUT2D eigenvalue weighted by Crippen LogP contribution is 2.45. The van der Waals surface area contributed by atoms with Crippen molar-refractivity contribution >= 4 is 34.1 Å². The number of rotatable bonds is 7. The topological polar surface area (TPSA) is 69.2 Å². The Hall–Kier alpha value is -3.32. The van der Waals surface area contributed by atoms with E-state index in [1.54, 1.807) is 38.9 Å². The summed E-state index contributed by atoms with van der Waals surface area (Å²) in [5.74, 6) is 2.48. The molecule has 36 heavy (non-hydrogen) atoms. The number of fused-ring (bicyclic) bond motifs is 1. The molecular formula is C29H34N2O4S. The zero-order chi connectivity index (χ0) is 25.9. The van der Waals surface area contributed by atoms with E-state index >= 15 is 0 Å². The Morgan fingerprint density at radius 2 is 1.75 bits per heavy atom. The molecule has 7 heteroatoms. The molecule has 4 rings (SSSR count). The monoisotopic (exact) mass is 506 g/mol. The second kappa shape index (κ2) is 10.7. The van der Waals surface area contributed by atoms with Gasteiger partial charge in [0.1, 0.15) is 10.8 Å². The molecule has 2 aromatic carbocycles. The van der Waals surface area contributed by atoms with Crippen LogP contribution in [-0.2, 0) is 12.8 Å². The smallest absolute Gasteiger partial charge is 0.259 e. The van der Waals surface area contributed by atoms with Gasteiger partial charge >= 0.3 is 0 Å². The van der Waals surface area contributed by atoms with E-state index < -0.39 is 0 Å². The van der Waals surface area contributed by atoms with Gasteiger partial charge in [-0.2, -0.15) is 0 Å². The van der Waals surface area contributed by atoms with Crippen molar-refractivity contribution in [2.45, 2.75) is 40.0 Å². The third kappa shape index (κ3) is 5.57. The minimum Gasteiger partial charge on any atom is -0.497 e. The summed E-state index contributed by atoms with van der Waals surface area (Å²) in [7, 11) is 4.85. The number of nitrogens with one attached hydrogen (secondary N) is 1. The molecule has 0 saturated carbocycles. The van der Waals surface area contributed by atoms with Crippen LogP contribution in [0.25, 0.3) is 0 Å². The third-order valence-corrected chi connectivity index (χ3v) is 7.95. The van der Waals surface area contributed by atoms with Crippen LogP contribution in [0.4, 0.5) is 10.7 Å². The molecule has 190 valence electrons. The number of anilines is 1. The first-order chi connectivity index (χ1) is 17.2. The second-order valence-corrected chi connectivity index (χ2v) is 11.1. The summed E-state index contributed by atoms with van der Waals surface area (Å²) in [5, 5.41) is 3.79. The van der Waals surface area contributed by atoms with E-state index in [1.165, 1.54) is 4.88 Å². The van der Waals surface area contributed by atoms with Crippen molar-refractivity contribution in [2.75, 3.05) is 26.6 Å². The molecule has 0 saturated heterocycles. The summed E-state index contributed by atoms with van der Waals surface area (Å²) in [4.78, 5) is 19.6. The van der Waals surface area contributed by atoms with E-state index in [1.807, 2.05) is 42.5 Å². The van der Waals surface area contributed by atoms with Crippen LogP contribution in [0.3, 0.4) is 0 Å². The van der Waals surface area contributed by atoms with Crippen LogP contribution in [0.1, 0.15) is 53.6 Å². The summed E-state index contributed by atoms with van der Waals surface area (Å²) in [6.45, 7) is 6.89. The lowest BCUT2D eigenvalue weighted by Gasteiger charge is -2.33. The van der Waals surface area contributed by atoms with E-state index in [4.69, 9.17) is 19.2 Å². The number of carbonyl (C=O) groups excluding carboxylic acids is 1. The Morgan fingerprint density at radius 1 is 1.03 bits per heavy atom. The molecule has 0 radical (unpaired) electrons. The van der Waals surface area contributed by atoms with Gasteiger partial charge in [-0.1, -0.05) is 20.8 Å². The predicted molar refractivity (Wildman–Crippen MR) is 147 cm³/mol. The van der Waals surface area contributed by atoms with E-state index in [2.05, 4.69) is 26.1 Å². The largest absolute Gasteiger partial charge is 0.497 e. The highest BCUT2D eigenvalue weighted by molar-refractivity contribution is 7.16. The molecule has 1 N–H and O–H groups in total. The van der Waals surface area contributed by atoms with Crippen LogP contribution in [0.15, 0.2) is 47.5 Å². The van der Waals surface area contributed by atoms with E-state index in [9.17, 15) is 4.79 Å². The fourth-order valence-electron chi connectivity index (χ4n) is 4.57. The van der Waals surface area contributed by atoms with Crippen molar-refractivity contribution in [3.8, 4) is 17.2 Å². The molecule has 1 aromatic heterocycles. The SMILES string of the molecule is COc1ccc(NC(=O)c2c(N=Cc3ccc(OC)c(OC)c3)sc3c2CC[C@@H](C(C)(C)C)C3)cc1. The van der Waals surface area contributed by atoms with Gasteiger partial charge in [0.05, 0.1) is 26.9 Å². The first-order valence-electron chi connectivity index (χ1n) is 12.1. The second-order valence-electron chi connectivity index (χ2n) is 10.0. The molecule has 0 fully saturated rings. The molecule has 0 bridgehead atoms. The van der Waals surface area contributed by atoms with Gasteiger partial charge < -0.3 is 19.5 Å². The number of methoxy groups -OCH3 is 3. The number of hydrogen-bond donors (Lipinski definition) is 1. The molecule has 6 nitrogen and oxygen atoms in total. The van der Waals surface area contributed by atoms with Crippen LogP contribution >= 0.6 is 11.3 Å². The lowest BCUT2D eigenvalue weighted by molar-refractivity contribution is 0.102. The summed E-state index contributed by atoms with van der Waals surface area (Å²) in [6, 6.07) is 13.0. The maximum Gasteiger partial charge on any atom is 0.259 e. The van der Waals surface area contributed by atoms with Crippen molar-refractivity contribution < 1.29 is 19.0 Å². The van der Waals surface area contributed by atoms with Gasteiger partial charge in [0.25, 0.3) is 5.91 Å². The maximum atomic E-state index is 13.6. The van der Waals surface area contributed by atoms with Crippen LogP contribution in [0.2, 0.25) is 0 Å². The average Bonchev–Trinajstić information content (AvgIpc) is 3.25. The Bertz CT molecular complexity index is 1260. The lowest BCUT2D eigenvalue weighted by Crippen LogP contribution is -2.27. The van der Waals surface area contributed by atoms with Gasteiger partial charge in [0, 0.05) is 16.8 Å². The fraction of sp³-hybridized carbons (Fsp3) is 0.379. The zero-order valence-corrected chi connectivity index (χ0v) is 22.6. The van der Waals surface area contributed by atoms with Crippen molar-refractivity contribution in [2.24, 2.45) is 16.3 Å². The Balaban J connectivity index is 1.69. The number of aliphatic imine (C=N–C) groups is 1. The molecule has 1 heterocycles. The summed E-state index contributed by atoms with van der Waals surface area (Å²) >= 11 is 1.63. The molecule has 0 unspecified atom stereocenters. The van der Waals surface area contributed by atoms with Crippen molar-refractivity contribution in [1.82, 2.24) is 0 Å². The number of hydrogen-bond acceptors (Lipinski definition) is 6. The first-order valence-corrected chi connectivity index (χ1v) is 12.9. The highest BCUT2D eigenvalue weighted by atomic mass is 32.1. The molecule has 1 aliphatic carbocycles. The summed E-state index contributed by atoms with van der Waals surface area (Å²) < 4.78 is 16.0. The number of carbonyl (C=O) groups is 1.